The molecular weight excluding hydrogens is 230 g/mol. The van der Waals surface area contributed by atoms with Crippen LogP contribution in [0.25, 0.3) is 0 Å². The summed E-state index contributed by atoms with van der Waals surface area (Å²) in [4.78, 5) is 7.04. The number of ether oxygens (including phenoxy) is 1. The second-order valence-electron chi connectivity index (χ2n) is 5.31. The summed E-state index contributed by atoms with van der Waals surface area (Å²) in [6.07, 6.45) is 5.87. The molecule has 2 aliphatic rings. The lowest BCUT2D eigenvalue weighted by molar-refractivity contribution is 0.165. The van der Waals surface area contributed by atoms with Gasteiger partial charge in [-0.25, -0.2) is 0 Å². The van der Waals surface area contributed by atoms with Gasteiger partial charge in [-0.2, -0.15) is 4.98 Å². The Morgan fingerprint density at radius 1 is 1.39 bits per heavy atom. The second-order valence-corrected chi connectivity index (χ2v) is 5.31. The van der Waals surface area contributed by atoms with Crippen LogP contribution in [0.4, 0.5) is 0 Å². The largest absolute Gasteiger partial charge is 0.385 e. The Hall–Kier alpha value is -0.940. The van der Waals surface area contributed by atoms with Gasteiger partial charge in [0.1, 0.15) is 0 Å². The summed E-state index contributed by atoms with van der Waals surface area (Å²) in [6.45, 7) is 3.02. The number of methoxy groups -OCH3 is 1. The van der Waals surface area contributed by atoms with Gasteiger partial charge in [0, 0.05) is 26.2 Å². The van der Waals surface area contributed by atoms with Gasteiger partial charge >= 0.3 is 0 Å². The standard InChI is InChI=1S/C13H21N3O2/c1-17-9-3-8-16-7-2-4-11(16)12-14-13(18-15-12)10-5-6-10/h10-11H,2-9H2,1H3/t11-/m0/s1. The van der Waals surface area contributed by atoms with Crippen LogP contribution >= 0.6 is 0 Å². The van der Waals surface area contributed by atoms with Crippen molar-refractivity contribution in [2.24, 2.45) is 0 Å². The third kappa shape index (κ3) is 2.57. The first-order valence-corrected chi connectivity index (χ1v) is 6.95. The Balaban J connectivity index is 1.61. The van der Waals surface area contributed by atoms with Crippen LogP contribution in [0.15, 0.2) is 4.52 Å². The molecule has 3 rings (SSSR count). The fraction of sp³-hybridized carbons (Fsp3) is 0.846. The molecule has 0 amide bonds. The van der Waals surface area contributed by atoms with Crippen LogP contribution < -0.4 is 0 Å². The zero-order chi connectivity index (χ0) is 12.4. The summed E-state index contributed by atoms with van der Waals surface area (Å²) >= 11 is 0. The molecule has 0 spiro atoms. The number of hydrogen-bond acceptors (Lipinski definition) is 5. The molecule has 0 aromatic carbocycles. The zero-order valence-corrected chi connectivity index (χ0v) is 11.0. The van der Waals surface area contributed by atoms with Crippen molar-refractivity contribution >= 4 is 0 Å². The summed E-state index contributed by atoms with van der Waals surface area (Å²) in [5.41, 5.74) is 0. The van der Waals surface area contributed by atoms with Gasteiger partial charge in [0.25, 0.3) is 0 Å². The molecule has 0 radical (unpaired) electrons. The van der Waals surface area contributed by atoms with Gasteiger partial charge < -0.3 is 9.26 Å². The maximum Gasteiger partial charge on any atom is 0.229 e. The molecule has 0 unspecified atom stereocenters. The molecule has 0 N–H and O–H groups in total. The monoisotopic (exact) mass is 251 g/mol. The lowest BCUT2D eigenvalue weighted by Gasteiger charge is -2.21. The number of aromatic nitrogens is 2. The van der Waals surface area contributed by atoms with E-state index < -0.39 is 0 Å². The molecular formula is C13H21N3O2. The predicted molar refractivity (Wildman–Crippen MR) is 66.3 cm³/mol. The van der Waals surface area contributed by atoms with Crippen molar-refractivity contribution in [2.45, 2.75) is 44.1 Å². The second kappa shape index (κ2) is 5.36. The van der Waals surface area contributed by atoms with E-state index in [2.05, 4.69) is 15.0 Å². The van der Waals surface area contributed by atoms with E-state index in [0.29, 0.717) is 12.0 Å². The zero-order valence-electron chi connectivity index (χ0n) is 11.0. The van der Waals surface area contributed by atoms with Gasteiger partial charge in [-0.05, 0) is 38.6 Å². The van der Waals surface area contributed by atoms with Crippen molar-refractivity contribution in [3.63, 3.8) is 0 Å². The van der Waals surface area contributed by atoms with Crippen molar-refractivity contribution in [1.29, 1.82) is 0 Å². The average Bonchev–Trinajstić information content (AvgIpc) is 2.93. The quantitative estimate of drug-likeness (QED) is 0.725. The minimum Gasteiger partial charge on any atom is -0.385 e. The van der Waals surface area contributed by atoms with Gasteiger partial charge in [0.05, 0.1) is 6.04 Å². The lowest BCUT2D eigenvalue weighted by atomic mass is 10.2. The maximum atomic E-state index is 5.36. The van der Waals surface area contributed by atoms with Crippen LogP contribution in [0.5, 0.6) is 0 Å². The molecule has 1 saturated carbocycles. The van der Waals surface area contributed by atoms with Crippen LogP contribution in [0.2, 0.25) is 0 Å². The summed E-state index contributed by atoms with van der Waals surface area (Å²) in [5.74, 6) is 2.30. The number of rotatable bonds is 6. The van der Waals surface area contributed by atoms with E-state index in [9.17, 15) is 0 Å². The Kier molecular flexibility index (Phi) is 3.61. The Morgan fingerprint density at radius 3 is 3.06 bits per heavy atom. The third-order valence-corrected chi connectivity index (χ3v) is 3.84. The molecule has 1 saturated heterocycles. The highest BCUT2D eigenvalue weighted by Gasteiger charge is 2.33. The van der Waals surface area contributed by atoms with Crippen LogP contribution in [-0.4, -0.2) is 41.8 Å². The normalized spacial score (nSPS) is 24.8. The molecule has 0 bridgehead atoms. The fourth-order valence-electron chi connectivity index (χ4n) is 2.68. The molecule has 100 valence electrons. The highest BCUT2D eigenvalue weighted by Crippen LogP contribution is 2.40. The van der Waals surface area contributed by atoms with Crippen molar-refractivity contribution in [1.82, 2.24) is 15.0 Å². The Bertz CT molecular complexity index is 389. The third-order valence-electron chi connectivity index (χ3n) is 3.84. The van der Waals surface area contributed by atoms with E-state index in [4.69, 9.17) is 9.26 Å². The Morgan fingerprint density at radius 2 is 2.28 bits per heavy atom. The van der Waals surface area contributed by atoms with E-state index in [1.165, 1.54) is 19.3 Å². The van der Waals surface area contributed by atoms with Gasteiger partial charge in [-0.1, -0.05) is 5.16 Å². The first kappa shape index (κ1) is 12.1. The van der Waals surface area contributed by atoms with Gasteiger partial charge in [0.2, 0.25) is 5.89 Å². The first-order chi connectivity index (χ1) is 8.88. The average molecular weight is 251 g/mol. The number of nitrogens with zero attached hydrogens (tertiary/aromatic N) is 3. The summed E-state index contributed by atoms with van der Waals surface area (Å²) in [7, 11) is 1.75. The van der Waals surface area contributed by atoms with Crippen molar-refractivity contribution < 1.29 is 9.26 Å². The van der Waals surface area contributed by atoms with Crippen LogP contribution in [0, 0.1) is 0 Å². The van der Waals surface area contributed by atoms with Crippen molar-refractivity contribution in [2.75, 3.05) is 26.8 Å². The minimum absolute atomic E-state index is 0.359. The molecule has 5 heteroatoms. The SMILES string of the molecule is COCCCN1CCC[C@H]1c1noc(C2CC2)n1. The minimum atomic E-state index is 0.359. The van der Waals surface area contributed by atoms with Crippen molar-refractivity contribution in [3.8, 4) is 0 Å². The van der Waals surface area contributed by atoms with Crippen LogP contribution in [0.1, 0.15) is 55.8 Å². The van der Waals surface area contributed by atoms with Gasteiger partial charge in [0.15, 0.2) is 5.82 Å². The molecule has 1 aromatic heterocycles. The first-order valence-electron chi connectivity index (χ1n) is 6.95. The lowest BCUT2D eigenvalue weighted by Crippen LogP contribution is -2.26. The highest BCUT2D eigenvalue weighted by molar-refractivity contribution is 5.05. The molecule has 1 aliphatic heterocycles. The summed E-state index contributed by atoms with van der Waals surface area (Å²) in [5, 5.41) is 4.18. The Labute approximate surface area is 107 Å². The van der Waals surface area contributed by atoms with Crippen molar-refractivity contribution in [3.05, 3.63) is 11.7 Å². The van der Waals surface area contributed by atoms with Crippen LogP contribution in [-0.2, 0) is 4.74 Å². The molecule has 2 heterocycles. The van der Waals surface area contributed by atoms with E-state index in [1.54, 1.807) is 7.11 Å². The van der Waals surface area contributed by atoms with Crippen LogP contribution in [0.3, 0.4) is 0 Å². The summed E-state index contributed by atoms with van der Waals surface area (Å²) in [6, 6.07) is 0.359. The summed E-state index contributed by atoms with van der Waals surface area (Å²) < 4.78 is 10.5. The van der Waals surface area contributed by atoms with E-state index in [-0.39, 0.29) is 0 Å². The topological polar surface area (TPSA) is 51.4 Å². The maximum absolute atomic E-state index is 5.36. The van der Waals surface area contributed by atoms with E-state index >= 15 is 0 Å². The number of likely N-dealkylation sites (tertiary alicyclic amines) is 1. The highest BCUT2D eigenvalue weighted by atomic mass is 16.5. The molecule has 1 aliphatic carbocycles. The number of hydrogen-bond donors (Lipinski definition) is 0. The van der Waals surface area contributed by atoms with Gasteiger partial charge in [-0.3, -0.25) is 4.90 Å². The smallest absolute Gasteiger partial charge is 0.229 e. The molecule has 18 heavy (non-hydrogen) atoms. The molecule has 1 atom stereocenters. The van der Waals surface area contributed by atoms with Gasteiger partial charge in [-0.15, -0.1) is 0 Å². The molecule has 5 nitrogen and oxygen atoms in total. The molecule has 1 aromatic rings. The molecule has 2 fully saturated rings. The fourth-order valence-corrected chi connectivity index (χ4v) is 2.68. The van der Waals surface area contributed by atoms with E-state index in [1.807, 2.05) is 0 Å². The van der Waals surface area contributed by atoms with E-state index in [0.717, 1.165) is 44.3 Å². The predicted octanol–water partition coefficient (Wildman–Crippen LogP) is 2.12.